The number of methoxy groups -OCH3 is 2. The zero-order chi connectivity index (χ0) is 42.4. The van der Waals surface area contributed by atoms with Crippen LogP contribution in [0, 0.1) is 13.8 Å². The topological polar surface area (TPSA) is 159 Å². The molecule has 2 heterocycles. The predicted molar refractivity (Wildman–Crippen MR) is 229 cm³/mol. The zero-order valence-electron chi connectivity index (χ0n) is 35.4. The minimum absolute atomic E-state index is 0.0389. The van der Waals surface area contributed by atoms with Crippen molar-refractivity contribution < 1.29 is 57.6 Å². The average Bonchev–Trinajstić information content (AvgIpc) is 3.25. The molecule has 2 aromatic heterocycles. The second-order valence-electron chi connectivity index (χ2n) is 13.9. The zero-order valence-corrected chi connectivity index (χ0v) is 35.4. The van der Waals surface area contributed by atoms with Gasteiger partial charge in [0.05, 0.1) is 117 Å². The van der Waals surface area contributed by atoms with Crippen molar-refractivity contribution in [3.63, 3.8) is 0 Å². The van der Waals surface area contributed by atoms with E-state index >= 15 is 0 Å². The number of aliphatic hydroxyl groups excluding tert-OH is 2. The van der Waals surface area contributed by atoms with Crippen molar-refractivity contribution in [3.8, 4) is 33.8 Å². The van der Waals surface area contributed by atoms with Crippen LogP contribution in [0.5, 0.6) is 11.5 Å². The third-order valence-electron chi connectivity index (χ3n) is 9.35. The number of aromatic nitrogens is 2. The van der Waals surface area contributed by atoms with E-state index in [9.17, 15) is 0 Å². The van der Waals surface area contributed by atoms with Crippen LogP contribution in [0.25, 0.3) is 44.1 Å². The molecule has 14 heteroatoms. The second kappa shape index (κ2) is 26.1. The van der Waals surface area contributed by atoms with Crippen LogP contribution in [0.4, 0.5) is 0 Å². The van der Waals surface area contributed by atoms with E-state index < -0.39 is 0 Å². The Hall–Kier alpha value is -4.32. The highest BCUT2D eigenvalue weighted by Gasteiger charge is 2.22. The van der Waals surface area contributed by atoms with Crippen molar-refractivity contribution in [1.29, 1.82) is 0 Å². The van der Waals surface area contributed by atoms with Crippen molar-refractivity contribution >= 4 is 21.8 Å². The summed E-state index contributed by atoms with van der Waals surface area (Å²) in [6, 6.07) is 16.7. The summed E-state index contributed by atoms with van der Waals surface area (Å²) in [6.07, 6.45) is 3.75. The van der Waals surface area contributed by atoms with Gasteiger partial charge < -0.3 is 57.6 Å². The summed E-state index contributed by atoms with van der Waals surface area (Å²) in [4.78, 5) is 9.93. The van der Waals surface area contributed by atoms with E-state index in [1.54, 1.807) is 14.2 Å². The van der Waals surface area contributed by atoms with E-state index in [2.05, 4.69) is 36.4 Å². The quantitative estimate of drug-likeness (QED) is 0.0418. The van der Waals surface area contributed by atoms with Crippen molar-refractivity contribution in [2.24, 2.45) is 0 Å². The number of pyridine rings is 2. The van der Waals surface area contributed by atoms with Gasteiger partial charge in [-0.05, 0) is 88.7 Å². The molecule has 5 rings (SSSR count). The lowest BCUT2D eigenvalue weighted by molar-refractivity contribution is 0.0223. The maximum atomic E-state index is 9.14. The van der Waals surface area contributed by atoms with E-state index in [0.717, 1.165) is 66.3 Å². The number of aliphatic hydroxyl groups is 2. The number of ether oxygens (including phenoxy) is 10. The van der Waals surface area contributed by atoms with Crippen LogP contribution in [0.15, 0.2) is 60.9 Å². The molecule has 0 radical (unpaired) electrons. The van der Waals surface area contributed by atoms with E-state index in [0.29, 0.717) is 104 Å². The first-order valence-corrected chi connectivity index (χ1v) is 20.4. The molecule has 5 aromatic rings. The highest BCUT2D eigenvalue weighted by atomic mass is 16.6. The molecule has 0 saturated heterocycles. The Bertz CT molecular complexity index is 1900. The van der Waals surface area contributed by atoms with Gasteiger partial charge in [-0.25, -0.2) is 0 Å². The highest BCUT2D eigenvalue weighted by Crippen LogP contribution is 2.46. The van der Waals surface area contributed by atoms with E-state index in [1.165, 1.54) is 0 Å². The molecule has 0 aliphatic carbocycles. The van der Waals surface area contributed by atoms with Gasteiger partial charge in [0.1, 0.15) is 13.2 Å². The fourth-order valence-electron chi connectivity index (χ4n) is 6.56. The summed E-state index contributed by atoms with van der Waals surface area (Å²) >= 11 is 0. The van der Waals surface area contributed by atoms with Gasteiger partial charge in [0.15, 0.2) is 11.5 Å². The lowest BCUT2D eigenvalue weighted by Crippen LogP contribution is -2.12. The highest BCUT2D eigenvalue weighted by molar-refractivity contribution is 6.19. The van der Waals surface area contributed by atoms with E-state index in [4.69, 9.17) is 67.5 Å². The number of hydrogen-bond donors (Lipinski definition) is 2. The molecule has 0 spiro atoms. The lowest BCUT2D eigenvalue weighted by Gasteiger charge is -2.21. The normalized spacial score (nSPS) is 11.6. The fourth-order valence-corrected chi connectivity index (χ4v) is 6.56. The monoisotopic (exact) mass is 832 g/mol. The molecule has 0 amide bonds. The van der Waals surface area contributed by atoms with Gasteiger partial charge >= 0.3 is 0 Å². The Morgan fingerprint density at radius 2 is 0.900 bits per heavy atom. The molecule has 14 nitrogen and oxygen atoms in total. The molecule has 0 atom stereocenters. The third-order valence-corrected chi connectivity index (χ3v) is 9.35. The summed E-state index contributed by atoms with van der Waals surface area (Å²) in [5.41, 5.74) is 9.31. The molecule has 0 unspecified atom stereocenters. The van der Waals surface area contributed by atoms with Crippen LogP contribution in [0.2, 0.25) is 0 Å². The predicted octanol–water partition coefficient (Wildman–Crippen LogP) is 5.87. The van der Waals surface area contributed by atoms with Crippen LogP contribution in [-0.4, -0.2) is 140 Å². The summed E-state index contributed by atoms with van der Waals surface area (Å²) in [5, 5.41) is 20.1. The van der Waals surface area contributed by atoms with Crippen LogP contribution in [0.1, 0.15) is 22.3 Å². The first kappa shape index (κ1) is 46.7. The minimum Gasteiger partial charge on any atom is -0.487 e. The number of nitrogens with zero attached hydrogens (tertiary/aromatic N) is 2. The summed E-state index contributed by atoms with van der Waals surface area (Å²) in [7, 11) is 3.28. The summed E-state index contributed by atoms with van der Waals surface area (Å²) in [5.74, 6) is 1.15. The number of rotatable bonds is 30. The molecule has 2 N–H and O–H groups in total. The Labute approximate surface area is 352 Å². The summed E-state index contributed by atoms with van der Waals surface area (Å²) < 4.78 is 57.2. The Morgan fingerprint density at radius 3 is 1.45 bits per heavy atom. The first-order valence-electron chi connectivity index (χ1n) is 20.4. The van der Waals surface area contributed by atoms with Gasteiger partial charge in [0.25, 0.3) is 0 Å². The van der Waals surface area contributed by atoms with Gasteiger partial charge in [0.2, 0.25) is 0 Å². The third kappa shape index (κ3) is 13.9. The first-order chi connectivity index (χ1) is 29.5. The number of benzene rings is 3. The molecule has 3 aromatic carbocycles. The molecule has 0 saturated carbocycles. The van der Waals surface area contributed by atoms with Crippen molar-refractivity contribution in [3.05, 3.63) is 83.2 Å². The second-order valence-corrected chi connectivity index (χ2v) is 13.9. The lowest BCUT2D eigenvalue weighted by atomic mass is 9.86. The van der Waals surface area contributed by atoms with Gasteiger partial charge in [-0.15, -0.1) is 0 Å². The summed E-state index contributed by atoms with van der Waals surface area (Å²) in [6.45, 7) is 9.92. The standard InChI is InChI=1S/C46H60N2O12/c1-33-25-39-43(35-5-6-37(31-57-19-17-53-11-9-49)38(27-35)32-58-20-18-54-12-10-50)44(40-26-34(2)30-48-46(40)45(39)47-29-33)36-7-8-41(59-23-21-55-15-13-51-3)42(28-36)60-24-22-56-16-14-52-4/h5-8,25-30,49-50H,9-24,31-32H2,1-4H3. The SMILES string of the molecule is COCCOCCOc1ccc(-c2c(-c3ccc(COCCOCCO)c(COCCOCCO)c3)c3cc(C)cnc3c3ncc(C)cc23)cc1OCCOCCOC. The van der Waals surface area contributed by atoms with Crippen molar-refractivity contribution in [2.45, 2.75) is 27.1 Å². The maximum absolute atomic E-state index is 9.14. The smallest absolute Gasteiger partial charge is 0.161 e. The molecule has 0 aliphatic heterocycles. The van der Waals surface area contributed by atoms with Crippen molar-refractivity contribution in [2.75, 3.05) is 120 Å². The van der Waals surface area contributed by atoms with Crippen LogP contribution >= 0.6 is 0 Å². The van der Waals surface area contributed by atoms with Crippen LogP contribution in [-0.2, 0) is 51.1 Å². The van der Waals surface area contributed by atoms with Crippen LogP contribution < -0.4 is 9.47 Å². The molecule has 0 bridgehead atoms. The van der Waals surface area contributed by atoms with E-state index in [-0.39, 0.29) is 26.4 Å². The molecular weight excluding hydrogens is 773 g/mol. The number of aryl methyl sites for hydroxylation is 2. The van der Waals surface area contributed by atoms with Gasteiger partial charge in [-0.3, -0.25) is 9.97 Å². The molecule has 0 aliphatic rings. The van der Waals surface area contributed by atoms with E-state index in [1.807, 2.05) is 38.4 Å². The number of hydrogen-bond acceptors (Lipinski definition) is 14. The Morgan fingerprint density at radius 1 is 0.450 bits per heavy atom. The largest absolute Gasteiger partial charge is 0.487 e. The maximum Gasteiger partial charge on any atom is 0.161 e. The molecule has 60 heavy (non-hydrogen) atoms. The fraction of sp³-hybridized carbons (Fsp3) is 0.478. The van der Waals surface area contributed by atoms with Crippen LogP contribution in [0.3, 0.4) is 0 Å². The molecule has 0 fully saturated rings. The van der Waals surface area contributed by atoms with Crippen molar-refractivity contribution in [1.82, 2.24) is 9.97 Å². The molecule has 326 valence electrons. The van der Waals surface area contributed by atoms with Gasteiger partial charge in [-0.1, -0.05) is 18.2 Å². The average molecular weight is 833 g/mol. The molecular formula is C46H60N2O12. The van der Waals surface area contributed by atoms with Gasteiger partial charge in [0, 0.05) is 37.4 Å². The Kier molecular flexibility index (Phi) is 20.3. The minimum atomic E-state index is -0.0477. The Balaban J connectivity index is 1.62. The number of fused-ring (bicyclic) bond motifs is 3. The van der Waals surface area contributed by atoms with Gasteiger partial charge in [-0.2, -0.15) is 0 Å².